The van der Waals surface area contributed by atoms with Gasteiger partial charge in [-0.3, -0.25) is 0 Å². The molecule has 1 heterocycles. The van der Waals surface area contributed by atoms with Crippen LogP contribution < -0.4 is 10.2 Å². The monoisotopic (exact) mass is 366 g/mol. The van der Waals surface area contributed by atoms with E-state index in [1.165, 1.54) is 11.1 Å². The zero-order chi connectivity index (χ0) is 18.4. The molecule has 0 aliphatic carbocycles. The standard InChI is InChI=1S/C21H23ClN4/c1-16-14-20(23-13-12-17-8-10-19(22)11-9-17)25-21(24-16)26(2)15-18-6-4-3-5-7-18/h3-11,14H,12-13,15H2,1-2H3,(H,23,24,25). The second-order valence-electron chi connectivity index (χ2n) is 6.34. The van der Waals surface area contributed by atoms with E-state index in [0.29, 0.717) is 0 Å². The van der Waals surface area contributed by atoms with Crippen molar-refractivity contribution in [1.82, 2.24) is 9.97 Å². The summed E-state index contributed by atoms with van der Waals surface area (Å²) >= 11 is 5.93. The van der Waals surface area contributed by atoms with Crippen LogP contribution in [0.15, 0.2) is 60.7 Å². The Morgan fingerprint density at radius 1 is 0.962 bits per heavy atom. The van der Waals surface area contributed by atoms with Crippen molar-refractivity contribution in [3.05, 3.63) is 82.5 Å². The normalized spacial score (nSPS) is 10.6. The van der Waals surface area contributed by atoms with Crippen LogP contribution in [0.5, 0.6) is 0 Å². The highest BCUT2D eigenvalue weighted by Crippen LogP contribution is 2.15. The van der Waals surface area contributed by atoms with E-state index in [9.17, 15) is 0 Å². The van der Waals surface area contributed by atoms with Crippen LogP contribution >= 0.6 is 11.6 Å². The molecule has 0 atom stereocenters. The molecule has 1 aromatic heterocycles. The van der Waals surface area contributed by atoms with E-state index in [-0.39, 0.29) is 0 Å². The highest BCUT2D eigenvalue weighted by Gasteiger charge is 2.08. The van der Waals surface area contributed by atoms with Gasteiger partial charge in [-0.25, -0.2) is 4.98 Å². The number of anilines is 2. The van der Waals surface area contributed by atoms with Crippen LogP contribution in [0.25, 0.3) is 0 Å². The Balaban J connectivity index is 1.62. The molecule has 3 rings (SSSR count). The van der Waals surface area contributed by atoms with Crippen molar-refractivity contribution < 1.29 is 0 Å². The van der Waals surface area contributed by atoms with Crippen LogP contribution in [0.4, 0.5) is 11.8 Å². The molecule has 0 saturated carbocycles. The van der Waals surface area contributed by atoms with Gasteiger partial charge >= 0.3 is 0 Å². The van der Waals surface area contributed by atoms with E-state index in [0.717, 1.165) is 42.0 Å². The highest BCUT2D eigenvalue weighted by molar-refractivity contribution is 6.30. The maximum atomic E-state index is 5.93. The van der Waals surface area contributed by atoms with Gasteiger partial charge in [0.05, 0.1) is 0 Å². The highest BCUT2D eigenvalue weighted by atomic mass is 35.5. The van der Waals surface area contributed by atoms with E-state index in [1.54, 1.807) is 0 Å². The Morgan fingerprint density at radius 2 is 1.69 bits per heavy atom. The van der Waals surface area contributed by atoms with Crippen molar-refractivity contribution in [2.45, 2.75) is 19.9 Å². The average molecular weight is 367 g/mol. The molecule has 0 radical (unpaired) electrons. The van der Waals surface area contributed by atoms with Gasteiger partial charge in [-0.1, -0.05) is 54.1 Å². The molecule has 0 fully saturated rings. The predicted molar refractivity (Wildman–Crippen MR) is 109 cm³/mol. The molecule has 0 unspecified atom stereocenters. The van der Waals surface area contributed by atoms with Crippen molar-refractivity contribution in [2.75, 3.05) is 23.8 Å². The second kappa shape index (κ2) is 8.68. The van der Waals surface area contributed by atoms with Crippen LogP contribution in [-0.4, -0.2) is 23.6 Å². The number of nitrogens with zero attached hydrogens (tertiary/aromatic N) is 3. The number of nitrogens with one attached hydrogen (secondary N) is 1. The van der Waals surface area contributed by atoms with Crippen molar-refractivity contribution in [2.24, 2.45) is 0 Å². The topological polar surface area (TPSA) is 41.1 Å². The minimum Gasteiger partial charge on any atom is -0.370 e. The first-order valence-electron chi connectivity index (χ1n) is 8.69. The van der Waals surface area contributed by atoms with E-state index < -0.39 is 0 Å². The minimum absolute atomic E-state index is 0.725. The summed E-state index contributed by atoms with van der Waals surface area (Å²) in [7, 11) is 2.01. The Labute approximate surface area is 159 Å². The fourth-order valence-corrected chi connectivity index (χ4v) is 2.85. The Bertz CT molecular complexity index is 834. The maximum Gasteiger partial charge on any atom is 0.227 e. The van der Waals surface area contributed by atoms with E-state index in [2.05, 4.69) is 32.3 Å². The lowest BCUT2D eigenvalue weighted by molar-refractivity contribution is 0.857. The Morgan fingerprint density at radius 3 is 2.42 bits per heavy atom. The number of aryl methyl sites for hydroxylation is 1. The van der Waals surface area contributed by atoms with E-state index in [1.807, 2.05) is 62.5 Å². The molecule has 0 aliphatic heterocycles. The first-order valence-corrected chi connectivity index (χ1v) is 9.07. The van der Waals surface area contributed by atoms with Crippen molar-refractivity contribution in [3.63, 3.8) is 0 Å². The lowest BCUT2D eigenvalue weighted by Gasteiger charge is -2.18. The molecule has 134 valence electrons. The van der Waals surface area contributed by atoms with Gasteiger partial charge in [-0.15, -0.1) is 0 Å². The summed E-state index contributed by atoms with van der Waals surface area (Å²) in [5.41, 5.74) is 3.43. The molecule has 5 heteroatoms. The quantitative estimate of drug-likeness (QED) is 0.656. The Hall–Kier alpha value is -2.59. The first-order chi connectivity index (χ1) is 12.6. The fourth-order valence-electron chi connectivity index (χ4n) is 2.73. The zero-order valence-electron chi connectivity index (χ0n) is 15.1. The van der Waals surface area contributed by atoms with Crippen LogP contribution in [0.3, 0.4) is 0 Å². The van der Waals surface area contributed by atoms with Crippen LogP contribution in [0.2, 0.25) is 5.02 Å². The number of benzene rings is 2. The maximum absolute atomic E-state index is 5.93. The largest absolute Gasteiger partial charge is 0.370 e. The SMILES string of the molecule is Cc1cc(NCCc2ccc(Cl)cc2)nc(N(C)Cc2ccccc2)n1. The molecule has 1 N–H and O–H groups in total. The van der Waals surface area contributed by atoms with Gasteiger partial charge in [-0.05, 0) is 36.6 Å². The Kier molecular flexibility index (Phi) is 6.08. The second-order valence-corrected chi connectivity index (χ2v) is 6.78. The van der Waals surface area contributed by atoms with Crippen molar-refractivity contribution in [3.8, 4) is 0 Å². The van der Waals surface area contributed by atoms with Gasteiger partial charge < -0.3 is 10.2 Å². The summed E-state index contributed by atoms with van der Waals surface area (Å²) in [5.74, 6) is 1.57. The van der Waals surface area contributed by atoms with E-state index >= 15 is 0 Å². The summed E-state index contributed by atoms with van der Waals surface area (Å²) in [6.45, 7) is 3.57. The van der Waals surface area contributed by atoms with Crippen molar-refractivity contribution >= 4 is 23.4 Å². The molecule has 0 amide bonds. The lowest BCUT2D eigenvalue weighted by Crippen LogP contribution is -2.20. The third-order valence-corrected chi connectivity index (χ3v) is 4.33. The van der Waals surface area contributed by atoms with E-state index in [4.69, 9.17) is 11.6 Å². The molecule has 2 aromatic carbocycles. The molecule has 4 nitrogen and oxygen atoms in total. The van der Waals surface area contributed by atoms with Gasteiger partial charge in [0.15, 0.2) is 0 Å². The fraction of sp³-hybridized carbons (Fsp3) is 0.238. The number of aromatic nitrogens is 2. The third-order valence-electron chi connectivity index (χ3n) is 4.08. The smallest absolute Gasteiger partial charge is 0.227 e. The van der Waals surface area contributed by atoms with Gasteiger partial charge in [0.2, 0.25) is 5.95 Å². The lowest BCUT2D eigenvalue weighted by atomic mass is 10.1. The molecule has 3 aromatic rings. The van der Waals surface area contributed by atoms with Gasteiger partial charge in [0.25, 0.3) is 0 Å². The molecule has 0 bridgehead atoms. The summed E-state index contributed by atoms with van der Waals surface area (Å²) in [4.78, 5) is 11.3. The molecule has 0 spiro atoms. The average Bonchev–Trinajstić information content (AvgIpc) is 2.64. The predicted octanol–water partition coefficient (Wildman–Crippen LogP) is 4.73. The van der Waals surface area contributed by atoms with Gasteiger partial charge in [-0.2, -0.15) is 4.98 Å². The van der Waals surface area contributed by atoms with Gasteiger partial charge in [0, 0.05) is 36.9 Å². The summed E-state index contributed by atoms with van der Waals surface area (Å²) in [5, 5.41) is 4.16. The number of hydrogen-bond acceptors (Lipinski definition) is 4. The molecular formula is C21H23ClN4. The molecule has 0 saturated heterocycles. The minimum atomic E-state index is 0.725. The number of rotatable bonds is 7. The number of halogens is 1. The van der Waals surface area contributed by atoms with Crippen LogP contribution in [0, 0.1) is 6.92 Å². The number of hydrogen-bond donors (Lipinski definition) is 1. The van der Waals surface area contributed by atoms with Gasteiger partial charge in [0.1, 0.15) is 5.82 Å². The first kappa shape index (κ1) is 18.2. The molecule has 26 heavy (non-hydrogen) atoms. The van der Waals surface area contributed by atoms with Crippen LogP contribution in [0.1, 0.15) is 16.8 Å². The van der Waals surface area contributed by atoms with Crippen molar-refractivity contribution in [1.29, 1.82) is 0 Å². The zero-order valence-corrected chi connectivity index (χ0v) is 15.9. The summed E-state index contributed by atoms with van der Waals surface area (Å²) < 4.78 is 0. The molecule has 0 aliphatic rings. The molecular weight excluding hydrogens is 344 g/mol. The van der Waals surface area contributed by atoms with Crippen LogP contribution in [-0.2, 0) is 13.0 Å². The summed E-state index contributed by atoms with van der Waals surface area (Å²) in [6.07, 6.45) is 0.912. The summed E-state index contributed by atoms with van der Waals surface area (Å²) in [6, 6.07) is 20.2. The third kappa shape index (κ3) is 5.20.